The molecule has 64 heavy (non-hydrogen) atoms. The van der Waals surface area contributed by atoms with Crippen LogP contribution in [-0.4, -0.2) is 63.2 Å². The molecule has 5 amide bonds. The van der Waals surface area contributed by atoms with Crippen molar-refractivity contribution in [1.82, 2.24) is 25.5 Å². The predicted molar refractivity (Wildman–Crippen MR) is 225 cm³/mol. The molecule has 0 bridgehead atoms. The second-order valence-corrected chi connectivity index (χ2v) is 16.6. The number of pyridine rings is 2. The Morgan fingerprint density at radius 3 is 2.42 bits per heavy atom. The molecule has 1 aliphatic carbocycles. The van der Waals surface area contributed by atoms with E-state index in [2.05, 4.69) is 21.3 Å². The number of carbonyl (C=O) groups excluding carboxylic acids is 5. The predicted octanol–water partition coefficient (Wildman–Crippen LogP) is 3.96. The number of hydrogen-bond donors (Lipinski definition) is 7. The second-order valence-electron chi connectivity index (χ2n) is 16.6. The molecule has 0 saturated carbocycles. The summed E-state index contributed by atoms with van der Waals surface area (Å²) in [5.74, 6) is -5.32. The lowest BCUT2D eigenvalue weighted by Gasteiger charge is -2.31. The van der Waals surface area contributed by atoms with Gasteiger partial charge in [0.1, 0.15) is 36.7 Å². The summed E-state index contributed by atoms with van der Waals surface area (Å²) in [5, 5.41) is 22.1. The first-order valence-electron chi connectivity index (χ1n) is 21.0. The largest absolute Gasteiger partial charge is 0.458 e. The first-order chi connectivity index (χ1) is 30.3. The summed E-state index contributed by atoms with van der Waals surface area (Å²) < 4.78 is 58.3. The molecule has 0 radical (unpaired) electrons. The third-order valence-corrected chi connectivity index (χ3v) is 12.3. The Labute approximate surface area is 364 Å². The van der Waals surface area contributed by atoms with E-state index in [1.807, 2.05) is 0 Å². The Morgan fingerprint density at radius 2 is 1.75 bits per heavy atom. The van der Waals surface area contributed by atoms with Crippen molar-refractivity contribution in [3.63, 3.8) is 0 Å². The standard InChI is InChI=1S/C44H49F3N8O9/c1-5-44(62)26-14-33-37-23(16-55(33)40(58)24(26)17-63-41(44)59)35-30(10-9-22-20(4)27(45)15-32(52-37)34(22)35)54-43(61)64-18-25-28(46)12-21(13-29(25)47)51-38(56)31(8-6-7-11-50-42(49)60)53-39(57)36(48)19(2)3/h12-15,19,30-31,36,62H,5-11,16-18,48H2,1-4H3,(H,51,56)(H,53,57)(H,54,61)(H3,49,50,60)/t30-,31-,36-,44-/m0/s1. The van der Waals surface area contributed by atoms with Crippen molar-refractivity contribution in [3.05, 3.63) is 91.0 Å². The number of carbonyl (C=O) groups is 5. The molecule has 4 atom stereocenters. The number of anilines is 1. The highest BCUT2D eigenvalue weighted by Crippen LogP contribution is 2.46. The van der Waals surface area contributed by atoms with Crippen LogP contribution in [-0.2, 0) is 55.6 Å². The SMILES string of the molecule is CC[C@@]1(O)C(=O)OCc2c1cc1n(c2=O)Cc2c-1nc1cc(F)c(C)c3c1c2[C@@H](NC(=O)OCc1c(F)cc(NC(=O)[C@H](CCCCNC(N)=O)NC(=O)[C@@H](N)C(C)C)cc1F)CC3. The third-order valence-electron chi connectivity index (χ3n) is 12.3. The van der Waals surface area contributed by atoms with Crippen LogP contribution in [0, 0.1) is 30.3 Å². The summed E-state index contributed by atoms with van der Waals surface area (Å²) in [4.78, 5) is 81.9. The highest BCUT2D eigenvalue weighted by Gasteiger charge is 2.46. The summed E-state index contributed by atoms with van der Waals surface area (Å²) in [6, 6.07) is 0.866. The monoisotopic (exact) mass is 890 g/mol. The maximum atomic E-state index is 15.5. The average Bonchev–Trinajstić information content (AvgIpc) is 3.61. The van der Waals surface area contributed by atoms with Crippen molar-refractivity contribution in [2.75, 3.05) is 11.9 Å². The molecule has 2 aromatic heterocycles. The molecule has 4 aromatic rings. The number of cyclic esters (lactones) is 1. The lowest BCUT2D eigenvalue weighted by Crippen LogP contribution is -2.51. The Kier molecular flexibility index (Phi) is 12.7. The van der Waals surface area contributed by atoms with E-state index in [0.717, 1.165) is 12.1 Å². The smallest absolute Gasteiger partial charge is 0.407 e. The van der Waals surface area contributed by atoms with Gasteiger partial charge in [-0.3, -0.25) is 14.4 Å². The number of hydrogen-bond acceptors (Lipinski definition) is 11. The number of ether oxygens (including phenoxy) is 2. The van der Waals surface area contributed by atoms with E-state index in [0.29, 0.717) is 46.9 Å². The molecule has 2 aromatic carbocycles. The number of fused-ring (bicyclic) bond motifs is 5. The molecule has 4 heterocycles. The van der Waals surface area contributed by atoms with Crippen LogP contribution in [0.4, 0.5) is 28.4 Å². The number of amides is 5. The number of rotatable bonds is 14. The van der Waals surface area contributed by atoms with Crippen molar-refractivity contribution < 1.29 is 51.7 Å². The van der Waals surface area contributed by atoms with Gasteiger partial charge < -0.3 is 51.9 Å². The zero-order valence-electron chi connectivity index (χ0n) is 35.6. The van der Waals surface area contributed by atoms with Gasteiger partial charge >= 0.3 is 18.1 Å². The van der Waals surface area contributed by atoms with Gasteiger partial charge in [-0.1, -0.05) is 20.8 Å². The quantitative estimate of drug-likeness (QED) is 0.0620. The molecular weight excluding hydrogens is 842 g/mol. The van der Waals surface area contributed by atoms with E-state index in [1.54, 1.807) is 27.7 Å². The van der Waals surface area contributed by atoms with Crippen LogP contribution in [0.2, 0.25) is 0 Å². The molecule has 0 fully saturated rings. The zero-order chi connectivity index (χ0) is 46.4. The first-order valence-corrected chi connectivity index (χ1v) is 21.0. The number of urea groups is 1. The van der Waals surface area contributed by atoms with Gasteiger partial charge in [0.05, 0.1) is 46.7 Å². The maximum Gasteiger partial charge on any atom is 0.407 e. The van der Waals surface area contributed by atoms with Crippen molar-refractivity contribution in [2.24, 2.45) is 17.4 Å². The van der Waals surface area contributed by atoms with Crippen LogP contribution in [0.25, 0.3) is 22.3 Å². The second kappa shape index (κ2) is 17.9. The highest BCUT2D eigenvalue weighted by atomic mass is 19.1. The molecular formula is C44H49F3N8O9. The molecule has 340 valence electrons. The summed E-state index contributed by atoms with van der Waals surface area (Å²) in [6.07, 6.45) is 0.326. The van der Waals surface area contributed by atoms with E-state index < -0.39 is 88.8 Å². The van der Waals surface area contributed by atoms with Crippen molar-refractivity contribution in [3.8, 4) is 11.4 Å². The van der Waals surface area contributed by atoms with Crippen LogP contribution in [0.15, 0.2) is 29.1 Å². The zero-order valence-corrected chi connectivity index (χ0v) is 35.6. The van der Waals surface area contributed by atoms with E-state index in [9.17, 15) is 33.9 Å². The summed E-state index contributed by atoms with van der Waals surface area (Å²) in [5.41, 5.74) is 10.7. The van der Waals surface area contributed by atoms with Crippen LogP contribution >= 0.6 is 0 Å². The molecule has 17 nitrogen and oxygen atoms in total. The van der Waals surface area contributed by atoms with E-state index >= 15 is 13.2 Å². The molecule has 0 unspecified atom stereocenters. The number of aromatic nitrogens is 2. The van der Waals surface area contributed by atoms with Crippen LogP contribution in [0.1, 0.15) is 97.9 Å². The number of primary amides is 1. The first kappa shape index (κ1) is 45.5. The number of esters is 1. The van der Waals surface area contributed by atoms with Crippen LogP contribution in [0.3, 0.4) is 0 Å². The van der Waals surface area contributed by atoms with Crippen LogP contribution in [0.5, 0.6) is 0 Å². The highest BCUT2D eigenvalue weighted by molar-refractivity contribution is 5.98. The minimum absolute atomic E-state index is 0.0109. The summed E-state index contributed by atoms with van der Waals surface area (Å²) in [7, 11) is 0. The number of nitrogens with one attached hydrogen (secondary N) is 4. The lowest BCUT2D eigenvalue weighted by molar-refractivity contribution is -0.172. The fourth-order valence-electron chi connectivity index (χ4n) is 8.59. The molecule has 2 aliphatic heterocycles. The Bertz CT molecular complexity index is 2650. The molecule has 0 spiro atoms. The average molecular weight is 891 g/mol. The lowest BCUT2D eigenvalue weighted by atomic mass is 9.81. The van der Waals surface area contributed by atoms with E-state index in [4.69, 9.17) is 25.9 Å². The number of nitrogens with two attached hydrogens (primary N) is 2. The van der Waals surface area contributed by atoms with Crippen molar-refractivity contribution in [1.29, 1.82) is 0 Å². The number of nitrogens with zero attached hydrogens (tertiary/aromatic N) is 2. The maximum absolute atomic E-state index is 15.5. The molecule has 9 N–H and O–H groups in total. The van der Waals surface area contributed by atoms with Gasteiger partial charge in [-0.2, -0.15) is 0 Å². The summed E-state index contributed by atoms with van der Waals surface area (Å²) >= 11 is 0. The molecule has 3 aliphatic rings. The van der Waals surface area contributed by atoms with Gasteiger partial charge in [0.15, 0.2) is 5.60 Å². The number of aryl methyl sites for hydroxylation is 1. The van der Waals surface area contributed by atoms with Gasteiger partial charge in [-0.25, -0.2) is 32.5 Å². The summed E-state index contributed by atoms with van der Waals surface area (Å²) in [6.45, 7) is 5.68. The Balaban J connectivity index is 1.10. The Morgan fingerprint density at radius 1 is 1.03 bits per heavy atom. The fourth-order valence-corrected chi connectivity index (χ4v) is 8.59. The molecule has 20 heteroatoms. The minimum atomic E-state index is -2.08. The van der Waals surface area contributed by atoms with Crippen molar-refractivity contribution in [2.45, 2.75) is 110 Å². The topological polar surface area (TPSA) is 259 Å². The molecule has 0 saturated heterocycles. The number of benzene rings is 2. The number of halogens is 3. The molecule has 7 rings (SSSR count). The van der Waals surface area contributed by atoms with E-state index in [1.165, 1.54) is 16.7 Å². The van der Waals surface area contributed by atoms with Crippen LogP contribution < -0.4 is 38.3 Å². The fraction of sp³-hybridized carbons (Fsp3) is 0.432. The minimum Gasteiger partial charge on any atom is -0.458 e. The number of alkyl carbamates (subject to hydrolysis) is 1. The van der Waals surface area contributed by atoms with Crippen molar-refractivity contribution >= 4 is 46.5 Å². The third kappa shape index (κ3) is 8.46. The van der Waals surface area contributed by atoms with Gasteiger partial charge in [0.25, 0.3) is 5.56 Å². The van der Waals surface area contributed by atoms with Gasteiger partial charge in [0.2, 0.25) is 11.8 Å². The number of unbranched alkanes of at least 4 members (excludes halogenated alkanes) is 1. The van der Waals surface area contributed by atoms with Gasteiger partial charge in [-0.05, 0) is 86.3 Å². The van der Waals surface area contributed by atoms with E-state index in [-0.39, 0.29) is 78.6 Å². The number of aliphatic hydroxyl groups is 1. The van der Waals surface area contributed by atoms with Gasteiger partial charge in [0, 0.05) is 34.8 Å². The normalized spacial score (nSPS) is 18.0. The van der Waals surface area contributed by atoms with Gasteiger partial charge in [-0.15, -0.1) is 0 Å². The Hall–Kier alpha value is -6.54.